The van der Waals surface area contributed by atoms with Crippen LogP contribution in [-0.2, 0) is 0 Å². The van der Waals surface area contributed by atoms with Gasteiger partial charge in [0.15, 0.2) is 0 Å². The second-order valence-electron chi connectivity index (χ2n) is 3.91. The van der Waals surface area contributed by atoms with Crippen LogP contribution in [0.15, 0.2) is 11.6 Å². The molecule has 1 rings (SSSR count). The summed E-state index contributed by atoms with van der Waals surface area (Å²) in [5, 5.41) is 0. The maximum absolute atomic E-state index is 2.42. The molecule has 1 unspecified atom stereocenters. The fourth-order valence-electron chi connectivity index (χ4n) is 1.88. The first-order valence-electron chi connectivity index (χ1n) is 4.28. The van der Waals surface area contributed by atoms with Gasteiger partial charge in [-0.25, -0.2) is 0 Å². The van der Waals surface area contributed by atoms with E-state index in [-0.39, 0.29) is 0 Å². The Balaban J connectivity index is 2.69. The molecule has 0 radical (unpaired) electrons. The van der Waals surface area contributed by atoms with E-state index in [4.69, 9.17) is 0 Å². The Bertz CT molecular complexity index is 144. The number of hydrogen-bond acceptors (Lipinski definition) is 0. The smallest absolute Gasteiger partial charge is 0.0231 e. The van der Waals surface area contributed by atoms with Crippen molar-refractivity contribution in [2.45, 2.75) is 34.1 Å². The van der Waals surface area contributed by atoms with Crippen LogP contribution in [0, 0.1) is 17.8 Å². The van der Waals surface area contributed by atoms with E-state index in [0.29, 0.717) is 0 Å². The van der Waals surface area contributed by atoms with Crippen LogP contribution >= 0.6 is 0 Å². The zero-order valence-electron chi connectivity index (χ0n) is 7.52. The van der Waals surface area contributed by atoms with Gasteiger partial charge in [-0.2, -0.15) is 0 Å². The molecule has 0 aliphatic heterocycles. The monoisotopic (exact) mass is 138 g/mol. The van der Waals surface area contributed by atoms with Crippen molar-refractivity contribution < 1.29 is 0 Å². The molecule has 0 amide bonds. The van der Waals surface area contributed by atoms with Crippen LogP contribution in [0.25, 0.3) is 0 Å². The van der Waals surface area contributed by atoms with Gasteiger partial charge in [0.1, 0.15) is 0 Å². The zero-order chi connectivity index (χ0) is 7.72. The molecule has 0 aromatic rings. The Morgan fingerprint density at radius 2 is 1.90 bits per heavy atom. The van der Waals surface area contributed by atoms with Crippen molar-refractivity contribution >= 4 is 0 Å². The highest BCUT2D eigenvalue weighted by Crippen LogP contribution is 2.32. The Kier molecular flexibility index (Phi) is 2.18. The van der Waals surface area contributed by atoms with Gasteiger partial charge in [-0.1, -0.05) is 32.4 Å². The molecule has 3 atom stereocenters. The molecule has 0 saturated heterocycles. The van der Waals surface area contributed by atoms with Gasteiger partial charge in [0.05, 0.1) is 0 Å². The summed E-state index contributed by atoms with van der Waals surface area (Å²) in [6, 6.07) is 0. The molecule has 0 nitrogen and oxygen atoms in total. The van der Waals surface area contributed by atoms with Gasteiger partial charge < -0.3 is 0 Å². The number of rotatable bonds is 0. The minimum Gasteiger partial charge on any atom is -0.0825 e. The van der Waals surface area contributed by atoms with Gasteiger partial charge in [0.2, 0.25) is 0 Å². The Labute approximate surface area is 64.3 Å². The number of hydrogen-bond donors (Lipinski definition) is 0. The van der Waals surface area contributed by atoms with Crippen LogP contribution in [-0.4, -0.2) is 0 Å². The summed E-state index contributed by atoms with van der Waals surface area (Å²) in [5.74, 6) is 2.56. The van der Waals surface area contributed by atoms with Crippen molar-refractivity contribution in [3.8, 4) is 0 Å². The molecule has 0 fully saturated rings. The zero-order valence-corrected chi connectivity index (χ0v) is 7.52. The predicted octanol–water partition coefficient (Wildman–Crippen LogP) is 3.24. The van der Waals surface area contributed by atoms with Crippen molar-refractivity contribution in [2.75, 3.05) is 0 Å². The molecule has 0 spiro atoms. The van der Waals surface area contributed by atoms with E-state index in [2.05, 4.69) is 33.8 Å². The molecule has 0 bridgehead atoms. The molecule has 58 valence electrons. The SMILES string of the molecule is CC1=C[C@H](C)[C@@H](C)C(C)C1. The maximum atomic E-state index is 2.42. The summed E-state index contributed by atoms with van der Waals surface area (Å²) in [6.07, 6.45) is 3.73. The van der Waals surface area contributed by atoms with Crippen molar-refractivity contribution in [3.63, 3.8) is 0 Å². The normalized spacial score (nSPS) is 41.2. The molecule has 0 aromatic heterocycles. The number of allylic oxidation sites excluding steroid dienone is 2. The first-order valence-corrected chi connectivity index (χ1v) is 4.28. The third-order valence-electron chi connectivity index (χ3n) is 2.92. The Morgan fingerprint density at radius 3 is 2.40 bits per heavy atom. The fourth-order valence-corrected chi connectivity index (χ4v) is 1.88. The first-order chi connectivity index (χ1) is 4.61. The van der Waals surface area contributed by atoms with E-state index in [1.165, 1.54) is 6.42 Å². The average Bonchev–Trinajstić information content (AvgIpc) is 1.82. The third kappa shape index (κ3) is 1.42. The molecule has 0 heteroatoms. The van der Waals surface area contributed by atoms with Gasteiger partial charge in [-0.05, 0) is 31.1 Å². The van der Waals surface area contributed by atoms with E-state index < -0.39 is 0 Å². The summed E-state index contributed by atoms with van der Waals surface area (Å²) in [5.41, 5.74) is 1.58. The van der Waals surface area contributed by atoms with Crippen LogP contribution in [0.1, 0.15) is 34.1 Å². The van der Waals surface area contributed by atoms with Crippen molar-refractivity contribution in [1.29, 1.82) is 0 Å². The highest BCUT2D eigenvalue weighted by Gasteiger charge is 2.21. The summed E-state index contributed by atoms with van der Waals surface area (Å²) >= 11 is 0. The lowest BCUT2D eigenvalue weighted by molar-refractivity contribution is 0.297. The Hall–Kier alpha value is -0.260. The summed E-state index contributed by atoms with van der Waals surface area (Å²) in [7, 11) is 0. The van der Waals surface area contributed by atoms with E-state index in [1.807, 2.05) is 0 Å². The summed E-state index contributed by atoms with van der Waals surface area (Å²) in [6.45, 7) is 9.29. The van der Waals surface area contributed by atoms with Gasteiger partial charge in [-0.3, -0.25) is 0 Å². The van der Waals surface area contributed by atoms with Gasteiger partial charge in [0.25, 0.3) is 0 Å². The molecule has 0 N–H and O–H groups in total. The average molecular weight is 138 g/mol. The minimum atomic E-state index is 0.795. The van der Waals surface area contributed by atoms with E-state index in [1.54, 1.807) is 5.57 Å². The maximum Gasteiger partial charge on any atom is -0.0231 e. The van der Waals surface area contributed by atoms with Crippen molar-refractivity contribution in [2.24, 2.45) is 17.8 Å². The van der Waals surface area contributed by atoms with Crippen LogP contribution in [0.2, 0.25) is 0 Å². The summed E-state index contributed by atoms with van der Waals surface area (Å²) < 4.78 is 0. The largest absolute Gasteiger partial charge is 0.0825 e. The minimum absolute atomic E-state index is 0.795. The highest BCUT2D eigenvalue weighted by atomic mass is 14.3. The molecule has 1 aliphatic carbocycles. The quantitative estimate of drug-likeness (QED) is 0.451. The molecular formula is C10H18. The third-order valence-corrected chi connectivity index (χ3v) is 2.92. The van der Waals surface area contributed by atoms with Crippen LogP contribution in [0.3, 0.4) is 0 Å². The van der Waals surface area contributed by atoms with Crippen LogP contribution in [0.5, 0.6) is 0 Å². The van der Waals surface area contributed by atoms with Gasteiger partial charge >= 0.3 is 0 Å². The molecule has 0 heterocycles. The first kappa shape index (κ1) is 7.84. The second kappa shape index (κ2) is 2.77. The van der Waals surface area contributed by atoms with Crippen molar-refractivity contribution in [1.82, 2.24) is 0 Å². The van der Waals surface area contributed by atoms with Crippen molar-refractivity contribution in [3.05, 3.63) is 11.6 Å². The highest BCUT2D eigenvalue weighted by molar-refractivity contribution is 5.07. The standard InChI is InChI=1S/C10H18/c1-7-5-8(2)10(4)9(3)6-7/h5,8-10H,6H2,1-4H3/t8-,9?,10+/m0/s1. The van der Waals surface area contributed by atoms with Crippen LogP contribution in [0.4, 0.5) is 0 Å². The van der Waals surface area contributed by atoms with Crippen LogP contribution < -0.4 is 0 Å². The second-order valence-corrected chi connectivity index (χ2v) is 3.91. The van der Waals surface area contributed by atoms with E-state index in [0.717, 1.165) is 17.8 Å². The van der Waals surface area contributed by atoms with E-state index in [9.17, 15) is 0 Å². The summed E-state index contributed by atoms with van der Waals surface area (Å²) in [4.78, 5) is 0. The lowest BCUT2D eigenvalue weighted by Crippen LogP contribution is -2.19. The fraction of sp³-hybridized carbons (Fsp3) is 0.800. The molecule has 10 heavy (non-hydrogen) atoms. The predicted molar refractivity (Wildman–Crippen MR) is 45.9 cm³/mol. The molecule has 0 aromatic carbocycles. The van der Waals surface area contributed by atoms with E-state index >= 15 is 0 Å². The van der Waals surface area contributed by atoms with Gasteiger partial charge in [0, 0.05) is 0 Å². The van der Waals surface area contributed by atoms with Gasteiger partial charge in [-0.15, -0.1) is 0 Å². The lowest BCUT2D eigenvalue weighted by atomic mass is 9.76. The molecule has 0 saturated carbocycles. The lowest BCUT2D eigenvalue weighted by Gasteiger charge is -2.29. The molecular weight excluding hydrogens is 120 g/mol. The topological polar surface area (TPSA) is 0 Å². The Morgan fingerprint density at radius 1 is 1.30 bits per heavy atom. The molecule has 1 aliphatic rings.